The maximum Gasteiger partial charge on any atom is 0.347 e. The highest BCUT2D eigenvalue weighted by molar-refractivity contribution is 9.10. The third kappa shape index (κ3) is 4.11. The largest absolute Gasteiger partial charge is 0.506 e. The van der Waals surface area contributed by atoms with Gasteiger partial charge in [-0.25, -0.2) is 4.79 Å². The number of hydrogen-bond acceptors (Lipinski definition) is 8. The van der Waals surface area contributed by atoms with Crippen molar-refractivity contribution >= 4 is 38.5 Å². The van der Waals surface area contributed by atoms with Gasteiger partial charge in [-0.1, -0.05) is 0 Å². The van der Waals surface area contributed by atoms with Crippen LogP contribution in [0.5, 0.6) is 17.2 Å². The molecule has 11 heteroatoms. The number of esters is 1. The van der Waals surface area contributed by atoms with E-state index in [1.165, 1.54) is 20.3 Å². The molecule has 2 aromatic carbocycles. The van der Waals surface area contributed by atoms with Crippen LogP contribution in [0.15, 0.2) is 39.6 Å². The van der Waals surface area contributed by atoms with Crippen LogP contribution in [0, 0.1) is 10.1 Å². The maximum absolute atomic E-state index is 13.3. The van der Waals surface area contributed by atoms with E-state index in [2.05, 4.69) is 15.9 Å². The van der Waals surface area contributed by atoms with E-state index >= 15 is 0 Å². The first-order valence-electron chi connectivity index (χ1n) is 9.34. The van der Waals surface area contributed by atoms with E-state index in [4.69, 9.17) is 14.2 Å². The van der Waals surface area contributed by atoms with Crippen LogP contribution in [-0.2, 0) is 11.3 Å². The molecule has 3 rings (SSSR count). The number of aromatic nitrogens is 1. The number of hydrogen-bond donors (Lipinski definition) is 1. The molecule has 32 heavy (non-hydrogen) atoms. The molecule has 0 radical (unpaired) electrons. The quantitative estimate of drug-likeness (QED) is 0.292. The first kappa shape index (κ1) is 23.1. The van der Waals surface area contributed by atoms with E-state index in [-0.39, 0.29) is 34.2 Å². The predicted octanol–water partition coefficient (Wildman–Crippen LogP) is 3.62. The average Bonchev–Trinajstić information content (AvgIpc) is 2.76. The summed E-state index contributed by atoms with van der Waals surface area (Å²) in [5.41, 5.74) is -1.12. The number of ether oxygens (including phenoxy) is 3. The summed E-state index contributed by atoms with van der Waals surface area (Å²) in [4.78, 5) is 36.5. The number of nitro benzene ring substituents is 1. The molecule has 0 atom stereocenters. The zero-order valence-corrected chi connectivity index (χ0v) is 19.0. The van der Waals surface area contributed by atoms with Gasteiger partial charge >= 0.3 is 5.97 Å². The third-order valence-electron chi connectivity index (χ3n) is 4.81. The molecule has 0 unspecified atom stereocenters. The predicted molar refractivity (Wildman–Crippen MR) is 119 cm³/mol. The lowest BCUT2D eigenvalue weighted by molar-refractivity contribution is -0.385. The molecule has 0 fully saturated rings. The molecule has 1 N–H and O–H groups in total. The van der Waals surface area contributed by atoms with Crippen molar-refractivity contribution in [2.24, 2.45) is 0 Å². The van der Waals surface area contributed by atoms with Crippen LogP contribution < -0.4 is 15.0 Å². The maximum atomic E-state index is 13.3. The zero-order chi connectivity index (χ0) is 23.6. The molecule has 0 spiro atoms. The summed E-state index contributed by atoms with van der Waals surface area (Å²) in [5, 5.41) is 22.2. The summed E-state index contributed by atoms with van der Waals surface area (Å²) in [6, 6.07) is 7.39. The Bertz CT molecular complexity index is 1290. The summed E-state index contributed by atoms with van der Waals surface area (Å²) >= 11 is 3.10. The van der Waals surface area contributed by atoms with Crippen LogP contribution in [0.4, 0.5) is 5.69 Å². The van der Waals surface area contributed by atoms with Crippen LogP contribution in [-0.4, -0.2) is 41.4 Å². The lowest BCUT2D eigenvalue weighted by atomic mass is 10.1. The van der Waals surface area contributed by atoms with E-state index in [0.717, 1.165) is 10.6 Å². The van der Waals surface area contributed by atoms with Crippen molar-refractivity contribution in [1.29, 1.82) is 0 Å². The number of halogens is 1. The first-order chi connectivity index (χ1) is 15.2. The number of methoxy groups -OCH3 is 2. The topological polar surface area (TPSA) is 130 Å². The second-order valence-corrected chi connectivity index (χ2v) is 7.45. The summed E-state index contributed by atoms with van der Waals surface area (Å²) in [6.45, 7) is 1.46. The van der Waals surface area contributed by atoms with E-state index in [0.29, 0.717) is 17.1 Å². The SMILES string of the molecule is CCOC(=O)c1c(O)c2cc(Br)c([N+](=O)[O-])cc2n(Cc2ccc(OC)cc2OC)c1=O. The van der Waals surface area contributed by atoms with E-state index in [9.17, 15) is 24.8 Å². The van der Waals surface area contributed by atoms with Gasteiger partial charge in [0.15, 0.2) is 5.56 Å². The lowest BCUT2D eigenvalue weighted by Crippen LogP contribution is -2.28. The van der Waals surface area contributed by atoms with Crippen molar-refractivity contribution in [2.45, 2.75) is 13.5 Å². The fourth-order valence-electron chi connectivity index (χ4n) is 3.28. The van der Waals surface area contributed by atoms with Crippen molar-refractivity contribution in [3.05, 3.63) is 66.4 Å². The van der Waals surface area contributed by atoms with Gasteiger partial charge in [-0.15, -0.1) is 0 Å². The van der Waals surface area contributed by atoms with Gasteiger partial charge in [0.1, 0.15) is 17.2 Å². The molecule has 1 heterocycles. The first-order valence-corrected chi connectivity index (χ1v) is 10.1. The van der Waals surface area contributed by atoms with Crippen LogP contribution in [0.3, 0.4) is 0 Å². The Morgan fingerprint density at radius 1 is 1.22 bits per heavy atom. The second kappa shape index (κ2) is 9.27. The molecule has 0 bridgehead atoms. The lowest BCUT2D eigenvalue weighted by Gasteiger charge is -2.17. The fraction of sp³-hybridized carbons (Fsp3) is 0.238. The Morgan fingerprint density at radius 3 is 2.53 bits per heavy atom. The van der Waals surface area contributed by atoms with E-state index in [1.807, 2.05) is 0 Å². The summed E-state index contributed by atoms with van der Waals surface area (Å²) < 4.78 is 16.7. The molecule has 0 aliphatic carbocycles. The van der Waals surface area contributed by atoms with Gasteiger partial charge in [0, 0.05) is 23.1 Å². The minimum Gasteiger partial charge on any atom is -0.506 e. The molecule has 0 aliphatic heterocycles. The molecular weight excluding hydrogens is 488 g/mol. The third-order valence-corrected chi connectivity index (χ3v) is 5.44. The number of benzene rings is 2. The number of carbonyl (C=O) groups is 1. The van der Waals surface area contributed by atoms with Gasteiger partial charge in [-0.05, 0) is 41.1 Å². The monoisotopic (exact) mass is 506 g/mol. The van der Waals surface area contributed by atoms with Crippen LogP contribution >= 0.6 is 15.9 Å². The number of carbonyl (C=O) groups excluding carboxylic acids is 1. The normalized spacial score (nSPS) is 10.8. The Balaban J connectivity index is 2.36. The number of rotatable bonds is 7. The molecular formula is C21H19BrN2O8. The smallest absolute Gasteiger partial charge is 0.347 e. The number of nitro groups is 1. The molecule has 0 saturated heterocycles. The molecule has 3 aromatic rings. The summed E-state index contributed by atoms with van der Waals surface area (Å²) in [7, 11) is 2.94. The van der Waals surface area contributed by atoms with Crippen LogP contribution in [0.25, 0.3) is 10.9 Å². The number of nitrogens with zero attached hydrogens (tertiary/aromatic N) is 2. The Hall–Kier alpha value is -3.60. The van der Waals surface area contributed by atoms with Crippen molar-refractivity contribution in [2.75, 3.05) is 20.8 Å². The fourth-order valence-corrected chi connectivity index (χ4v) is 3.77. The minimum absolute atomic E-state index is 0.00793. The van der Waals surface area contributed by atoms with Gasteiger partial charge in [0.05, 0.1) is 42.3 Å². The van der Waals surface area contributed by atoms with E-state index < -0.39 is 27.8 Å². The second-order valence-electron chi connectivity index (χ2n) is 6.59. The van der Waals surface area contributed by atoms with Gasteiger partial charge < -0.3 is 23.9 Å². The van der Waals surface area contributed by atoms with Crippen molar-refractivity contribution in [3.8, 4) is 17.2 Å². The van der Waals surface area contributed by atoms with Gasteiger partial charge in [-0.3, -0.25) is 14.9 Å². The average molecular weight is 507 g/mol. The molecule has 10 nitrogen and oxygen atoms in total. The van der Waals surface area contributed by atoms with Gasteiger partial charge in [0.2, 0.25) is 0 Å². The number of aromatic hydroxyl groups is 1. The zero-order valence-electron chi connectivity index (χ0n) is 17.4. The molecule has 0 saturated carbocycles. The molecule has 0 aliphatic rings. The van der Waals surface area contributed by atoms with Crippen LogP contribution in [0.2, 0.25) is 0 Å². The highest BCUT2D eigenvalue weighted by atomic mass is 79.9. The minimum atomic E-state index is -0.998. The Kier molecular flexibility index (Phi) is 6.68. The van der Waals surface area contributed by atoms with E-state index in [1.54, 1.807) is 25.1 Å². The number of pyridine rings is 1. The highest BCUT2D eigenvalue weighted by Crippen LogP contribution is 2.36. The van der Waals surface area contributed by atoms with Crippen molar-refractivity contribution in [1.82, 2.24) is 4.57 Å². The highest BCUT2D eigenvalue weighted by Gasteiger charge is 2.26. The summed E-state index contributed by atoms with van der Waals surface area (Å²) in [5.74, 6) is -0.680. The van der Waals surface area contributed by atoms with Gasteiger partial charge in [-0.2, -0.15) is 0 Å². The number of fused-ring (bicyclic) bond motifs is 1. The Labute approximate surface area is 190 Å². The molecule has 0 amide bonds. The van der Waals surface area contributed by atoms with Gasteiger partial charge in [0.25, 0.3) is 11.2 Å². The molecule has 168 valence electrons. The van der Waals surface area contributed by atoms with Crippen LogP contribution in [0.1, 0.15) is 22.8 Å². The Morgan fingerprint density at radius 2 is 1.94 bits per heavy atom. The standard InChI is InChI=1S/C21H19BrN2O8/c1-4-32-21(27)18-19(25)13-8-14(22)16(24(28)29)9-15(13)23(20(18)26)10-11-5-6-12(30-2)7-17(11)31-3/h5-9,25H,4,10H2,1-3H3. The summed E-state index contributed by atoms with van der Waals surface area (Å²) in [6.07, 6.45) is 0. The molecule has 1 aromatic heterocycles. The van der Waals surface area contributed by atoms with Crippen molar-refractivity contribution < 1.29 is 29.0 Å². The van der Waals surface area contributed by atoms with Crippen molar-refractivity contribution in [3.63, 3.8) is 0 Å².